The molecule has 0 aliphatic carbocycles. The maximum absolute atomic E-state index is 2.33. The second kappa shape index (κ2) is 5.07. The summed E-state index contributed by atoms with van der Waals surface area (Å²) in [6.07, 6.45) is 2.18. The highest BCUT2D eigenvalue weighted by Gasteiger charge is 2.12. The van der Waals surface area contributed by atoms with Crippen LogP contribution in [-0.4, -0.2) is 4.57 Å². The van der Waals surface area contributed by atoms with Gasteiger partial charge in [-0.3, -0.25) is 0 Å². The lowest BCUT2D eigenvalue weighted by Crippen LogP contribution is -2.10. The van der Waals surface area contributed by atoms with E-state index in [-0.39, 0.29) is 5.41 Å². The molecular weight excluding hydrogens is 254 g/mol. The molecular formula is C20H23N. The average Bonchev–Trinajstić information content (AvgIpc) is 2.81. The highest BCUT2D eigenvalue weighted by atomic mass is 14.9. The molecule has 0 amide bonds. The Morgan fingerprint density at radius 2 is 1.62 bits per heavy atom. The SMILES string of the molecule is Cc1ccc2ccn(Cc3ccc(C(C)(C)C)cc3)c2c1. The fourth-order valence-electron chi connectivity index (χ4n) is 2.74. The first-order valence-electron chi connectivity index (χ1n) is 7.58. The number of nitrogens with zero attached hydrogens (tertiary/aromatic N) is 1. The van der Waals surface area contributed by atoms with Crippen molar-refractivity contribution in [3.63, 3.8) is 0 Å². The van der Waals surface area contributed by atoms with Gasteiger partial charge in [-0.2, -0.15) is 0 Å². The highest BCUT2D eigenvalue weighted by molar-refractivity contribution is 5.80. The molecule has 0 N–H and O–H groups in total. The Morgan fingerprint density at radius 3 is 2.29 bits per heavy atom. The minimum absolute atomic E-state index is 0.218. The largest absolute Gasteiger partial charge is 0.343 e. The molecule has 0 radical (unpaired) electrons. The van der Waals surface area contributed by atoms with E-state index in [1.165, 1.54) is 27.6 Å². The topological polar surface area (TPSA) is 4.93 Å². The lowest BCUT2D eigenvalue weighted by molar-refractivity contribution is 0.590. The molecule has 0 aliphatic heterocycles. The molecule has 1 heterocycles. The second-order valence-corrected chi connectivity index (χ2v) is 6.95. The molecule has 0 saturated heterocycles. The third-order valence-corrected chi connectivity index (χ3v) is 4.10. The predicted molar refractivity (Wildman–Crippen MR) is 90.9 cm³/mol. The first-order chi connectivity index (χ1) is 9.93. The summed E-state index contributed by atoms with van der Waals surface area (Å²) < 4.78 is 2.33. The smallest absolute Gasteiger partial charge is 0.0486 e. The Kier molecular flexibility index (Phi) is 3.36. The zero-order valence-corrected chi connectivity index (χ0v) is 13.4. The normalized spacial score (nSPS) is 12.0. The predicted octanol–water partition coefficient (Wildman–Crippen LogP) is 5.30. The van der Waals surface area contributed by atoms with E-state index in [1.807, 2.05) is 0 Å². The molecule has 3 aromatic rings. The van der Waals surface area contributed by atoms with E-state index in [0.29, 0.717) is 0 Å². The van der Waals surface area contributed by atoms with Gasteiger partial charge in [-0.15, -0.1) is 0 Å². The van der Waals surface area contributed by atoms with Gasteiger partial charge in [0.05, 0.1) is 0 Å². The van der Waals surface area contributed by atoms with Crippen LogP contribution in [0.2, 0.25) is 0 Å². The van der Waals surface area contributed by atoms with Gasteiger partial charge in [-0.05, 0) is 46.5 Å². The van der Waals surface area contributed by atoms with E-state index >= 15 is 0 Å². The van der Waals surface area contributed by atoms with Gasteiger partial charge in [0.1, 0.15) is 0 Å². The van der Waals surface area contributed by atoms with Crippen molar-refractivity contribution in [1.29, 1.82) is 0 Å². The van der Waals surface area contributed by atoms with Gasteiger partial charge in [0.2, 0.25) is 0 Å². The molecule has 21 heavy (non-hydrogen) atoms. The molecule has 1 heteroatoms. The Hall–Kier alpha value is -2.02. The monoisotopic (exact) mass is 277 g/mol. The molecule has 0 bridgehead atoms. The van der Waals surface area contributed by atoms with Gasteiger partial charge in [0, 0.05) is 18.3 Å². The van der Waals surface area contributed by atoms with Gasteiger partial charge in [0.25, 0.3) is 0 Å². The van der Waals surface area contributed by atoms with Crippen molar-refractivity contribution in [3.8, 4) is 0 Å². The van der Waals surface area contributed by atoms with E-state index in [9.17, 15) is 0 Å². The second-order valence-electron chi connectivity index (χ2n) is 6.95. The van der Waals surface area contributed by atoms with Crippen molar-refractivity contribution >= 4 is 10.9 Å². The molecule has 0 saturated carbocycles. The summed E-state index contributed by atoms with van der Waals surface area (Å²) in [5.74, 6) is 0. The summed E-state index contributed by atoms with van der Waals surface area (Å²) in [4.78, 5) is 0. The number of fused-ring (bicyclic) bond motifs is 1. The summed E-state index contributed by atoms with van der Waals surface area (Å²) in [5.41, 5.74) is 5.58. The van der Waals surface area contributed by atoms with Crippen molar-refractivity contribution in [1.82, 2.24) is 4.57 Å². The van der Waals surface area contributed by atoms with Crippen LogP contribution in [0.1, 0.15) is 37.5 Å². The molecule has 0 atom stereocenters. The Morgan fingerprint density at radius 1 is 0.905 bits per heavy atom. The van der Waals surface area contributed by atoms with Crippen molar-refractivity contribution in [2.45, 2.75) is 39.7 Å². The van der Waals surface area contributed by atoms with Crippen LogP contribution in [0.4, 0.5) is 0 Å². The maximum atomic E-state index is 2.33. The molecule has 0 aliphatic rings. The zero-order valence-electron chi connectivity index (χ0n) is 13.4. The summed E-state index contributed by atoms with van der Waals surface area (Å²) in [6, 6.07) is 17.8. The molecule has 2 aromatic carbocycles. The Labute approximate surface area is 127 Å². The molecule has 1 aromatic heterocycles. The van der Waals surface area contributed by atoms with Crippen LogP contribution in [0, 0.1) is 6.92 Å². The molecule has 0 unspecified atom stereocenters. The van der Waals surface area contributed by atoms with Crippen LogP contribution in [0.25, 0.3) is 10.9 Å². The summed E-state index contributed by atoms with van der Waals surface area (Å²) in [7, 11) is 0. The van der Waals surface area contributed by atoms with E-state index in [4.69, 9.17) is 0 Å². The van der Waals surface area contributed by atoms with E-state index < -0.39 is 0 Å². The highest BCUT2D eigenvalue weighted by Crippen LogP contribution is 2.23. The summed E-state index contributed by atoms with van der Waals surface area (Å²) in [6.45, 7) is 9.84. The van der Waals surface area contributed by atoms with Crippen LogP contribution >= 0.6 is 0 Å². The first-order valence-corrected chi connectivity index (χ1v) is 7.58. The summed E-state index contributed by atoms with van der Waals surface area (Å²) in [5, 5.41) is 1.31. The van der Waals surface area contributed by atoms with Gasteiger partial charge in [-0.1, -0.05) is 57.2 Å². The Bertz CT molecular complexity index is 755. The lowest BCUT2D eigenvalue weighted by atomic mass is 9.87. The molecule has 3 rings (SSSR count). The fraction of sp³-hybridized carbons (Fsp3) is 0.300. The minimum atomic E-state index is 0.218. The summed E-state index contributed by atoms with van der Waals surface area (Å²) >= 11 is 0. The number of aromatic nitrogens is 1. The van der Waals surface area contributed by atoms with Crippen molar-refractivity contribution < 1.29 is 0 Å². The van der Waals surface area contributed by atoms with Gasteiger partial charge >= 0.3 is 0 Å². The van der Waals surface area contributed by atoms with Crippen LogP contribution in [-0.2, 0) is 12.0 Å². The number of aryl methyl sites for hydroxylation is 1. The lowest BCUT2D eigenvalue weighted by Gasteiger charge is -2.19. The molecule has 0 fully saturated rings. The molecule has 0 spiro atoms. The van der Waals surface area contributed by atoms with Gasteiger partial charge in [0.15, 0.2) is 0 Å². The number of rotatable bonds is 2. The van der Waals surface area contributed by atoms with Crippen molar-refractivity contribution in [2.24, 2.45) is 0 Å². The van der Waals surface area contributed by atoms with E-state index in [2.05, 4.69) is 87.0 Å². The number of hydrogen-bond acceptors (Lipinski definition) is 0. The van der Waals surface area contributed by atoms with Crippen LogP contribution in [0.3, 0.4) is 0 Å². The van der Waals surface area contributed by atoms with E-state index in [1.54, 1.807) is 0 Å². The van der Waals surface area contributed by atoms with Crippen LogP contribution < -0.4 is 0 Å². The third kappa shape index (κ3) is 2.87. The van der Waals surface area contributed by atoms with Crippen LogP contribution in [0.15, 0.2) is 54.7 Å². The third-order valence-electron chi connectivity index (χ3n) is 4.10. The van der Waals surface area contributed by atoms with E-state index in [0.717, 1.165) is 6.54 Å². The zero-order chi connectivity index (χ0) is 15.0. The quantitative estimate of drug-likeness (QED) is 0.599. The Balaban J connectivity index is 1.90. The average molecular weight is 277 g/mol. The minimum Gasteiger partial charge on any atom is -0.343 e. The number of hydrogen-bond donors (Lipinski definition) is 0. The molecule has 108 valence electrons. The van der Waals surface area contributed by atoms with Crippen molar-refractivity contribution in [2.75, 3.05) is 0 Å². The van der Waals surface area contributed by atoms with Gasteiger partial charge in [-0.25, -0.2) is 0 Å². The molecule has 1 nitrogen and oxygen atoms in total. The maximum Gasteiger partial charge on any atom is 0.0486 e. The van der Waals surface area contributed by atoms with Crippen LogP contribution in [0.5, 0.6) is 0 Å². The van der Waals surface area contributed by atoms with Gasteiger partial charge < -0.3 is 4.57 Å². The first kappa shape index (κ1) is 13.9. The van der Waals surface area contributed by atoms with Crippen molar-refractivity contribution in [3.05, 3.63) is 71.4 Å². The number of benzene rings is 2. The fourth-order valence-corrected chi connectivity index (χ4v) is 2.74. The standard InChI is InChI=1S/C20H23N/c1-15-5-8-17-11-12-21(19(17)13-15)14-16-6-9-18(10-7-16)20(2,3)4/h5-13H,14H2,1-4H3.